The second kappa shape index (κ2) is 5.70. The maximum absolute atomic E-state index is 12.0. The van der Waals surface area contributed by atoms with Crippen LogP contribution in [-0.4, -0.2) is 45.0 Å². The number of benzene rings is 1. The molecule has 0 saturated heterocycles. The number of nitrogens with zero attached hydrogens (tertiary/aromatic N) is 2. The van der Waals surface area contributed by atoms with Crippen molar-refractivity contribution in [2.24, 2.45) is 4.40 Å². The average molecular weight is 286 g/mol. The molecule has 0 spiro atoms. The van der Waals surface area contributed by atoms with E-state index in [1.807, 2.05) is 0 Å². The van der Waals surface area contributed by atoms with Crippen molar-refractivity contribution in [3.63, 3.8) is 0 Å². The molecule has 0 aliphatic rings. The van der Waals surface area contributed by atoms with E-state index in [-0.39, 0.29) is 10.6 Å². The van der Waals surface area contributed by atoms with Gasteiger partial charge in [-0.3, -0.25) is 0 Å². The highest BCUT2D eigenvalue weighted by Gasteiger charge is 2.17. The summed E-state index contributed by atoms with van der Waals surface area (Å²) in [5.74, 6) is -0.0725. The van der Waals surface area contributed by atoms with Gasteiger partial charge in [0.1, 0.15) is 12.1 Å². The van der Waals surface area contributed by atoms with Crippen LogP contribution in [-0.2, 0) is 10.0 Å². The van der Waals surface area contributed by atoms with Crippen molar-refractivity contribution in [1.82, 2.24) is 4.90 Å². The molecular formula is C11H14N2O5S. The molecule has 19 heavy (non-hydrogen) atoms. The fourth-order valence-corrected chi connectivity index (χ4v) is 2.40. The second-order valence-corrected chi connectivity index (χ2v) is 5.56. The van der Waals surface area contributed by atoms with Gasteiger partial charge in [-0.05, 0) is 18.6 Å². The molecule has 0 aliphatic carbocycles. The lowest BCUT2D eigenvalue weighted by Crippen LogP contribution is -2.11. The highest BCUT2D eigenvalue weighted by atomic mass is 32.2. The summed E-state index contributed by atoms with van der Waals surface area (Å²) in [5, 5.41) is 8.50. The zero-order chi connectivity index (χ0) is 14.6. The molecule has 1 N–H and O–H groups in total. The van der Waals surface area contributed by atoms with Crippen LogP contribution in [0.5, 0.6) is 5.75 Å². The molecule has 1 rings (SSSR count). The molecular weight excluding hydrogens is 272 g/mol. The van der Waals surface area contributed by atoms with Crippen molar-refractivity contribution in [2.75, 3.05) is 14.1 Å². The summed E-state index contributed by atoms with van der Waals surface area (Å²) in [5.41, 5.74) is 0.452. The lowest BCUT2D eigenvalue weighted by molar-refractivity contribution is 0.144. The van der Waals surface area contributed by atoms with E-state index in [1.54, 1.807) is 21.0 Å². The maximum atomic E-state index is 12.0. The Balaban J connectivity index is 3.22. The zero-order valence-corrected chi connectivity index (χ0v) is 11.5. The van der Waals surface area contributed by atoms with Gasteiger partial charge in [0.25, 0.3) is 10.0 Å². The predicted molar refractivity (Wildman–Crippen MR) is 69.2 cm³/mol. The largest absolute Gasteiger partial charge is 0.511 e. The molecule has 1 aromatic rings. The molecule has 0 bridgehead atoms. The standard InChI is InChI=1S/C11H14N2O5S/c1-8-4-5-9(18-11(14)15)6-10(8)19(16,17)12-7-13(2)3/h4-7H,1-3H3,(H,14,15). The van der Waals surface area contributed by atoms with Crippen molar-refractivity contribution < 1.29 is 23.1 Å². The Bertz CT molecular complexity index is 608. The fourth-order valence-electron chi connectivity index (χ4n) is 1.24. The minimum atomic E-state index is -3.89. The quantitative estimate of drug-likeness (QED) is 0.388. The smallest absolute Gasteiger partial charge is 0.449 e. The van der Waals surface area contributed by atoms with Gasteiger partial charge < -0.3 is 14.7 Å². The summed E-state index contributed by atoms with van der Waals surface area (Å²) >= 11 is 0. The monoisotopic (exact) mass is 286 g/mol. The average Bonchev–Trinajstić information content (AvgIpc) is 2.28. The first-order valence-electron chi connectivity index (χ1n) is 5.20. The van der Waals surface area contributed by atoms with Crippen molar-refractivity contribution >= 4 is 22.5 Å². The van der Waals surface area contributed by atoms with E-state index >= 15 is 0 Å². The third-order valence-corrected chi connectivity index (χ3v) is 3.43. The lowest BCUT2D eigenvalue weighted by Gasteiger charge is -2.07. The van der Waals surface area contributed by atoms with Gasteiger partial charge in [-0.1, -0.05) is 6.07 Å². The van der Waals surface area contributed by atoms with Crippen LogP contribution in [0, 0.1) is 6.92 Å². The van der Waals surface area contributed by atoms with Crippen LogP contribution in [0.25, 0.3) is 0 Å². The van der Waals surface area contributed by atoms with Crippen LogP contribution in [0.1, 0.15) is 5.56 Å². The predicted octanol–water partition coefficient (Wildman–Crippen LogP) is 1.33. The minimum Gasteiger partial charge on any atom is -0.449 e. The summed E-state index contributed by atoms with van der Waals surface area (Å²) < 4.78 is 31.8. The van der Waals surface area contributed by atoms with Gasteiger partial charge in [0.2, 0.25) is 0 Å². The Hall–Kier alpha value is -2.09. The molecule has 0 radical (unpaired) electrons. The first-order valence-corrected chi connectivity index (χ1v) is 6.64. The number of aryl methyl sites for hydroxylation is 1. The molecule has 0 amide bonds. The summed E-state index contributed by atoms with van der Waals surface area (Å²) in [4.78, 5) is 11.8. The molecule has 7 nitrogen and oxygen atoms in total. The number of sulfonamides is 1. The van der Waals surface area contributed by atoms with E-state index in [0.717, 1.165) is 12.4 Å². The number of ether oxygens (including phenoxy) is 1. The zero-order valence-electron chi connectivity index (χ0n) is 10.7. The Kier molecular flexibility index (Phi) is 4.49. The Morgan fingerprint density at radius 2 is 2.05 bits per heavy atom. The number of carboxylic acid groups (broad SMARTS) is 1. The third-order valence-electron chi connectivity index (χ3n) is 2.06. The third kappa shape index (κ3) is 4.25. The van der Waals surface area contributed by atoms with Gasteiger partial charge in [0, 0.05) is 20.2 Å². The number of hydrogen-bond donors (Lipinski definition) is 1. The van der Waals surface area contributed by atoms with E-state index in [2.05, 4.69) is 9.13 Å². The van der Waals surface area contributed by atoms with Crippen molar-refractivity contribution in [1.29, 1.82) is 0 Å². The summed E-state index contributed by atoms with van der Waals surface area (Å²) in [6, 6.07) is 3.96. The Labute approximate surface area is 111 Å². The summed E-state index contributed by atoms with van der Waals surface area (Å²) in [6.45, 7) is 1.59. The van der Waals surface area contributed by atoms with Crippen LogP contribution in [0.15, 0.2) is 27.5 Å². The molecule has 0 aliphatic heterocycles. The topological polar surface area (TPSA) is 96.3 Å². The van der Waals surface area contributed by atoms with Crippen LogP contribution in [0.2, 0.25) is 0 Å². The summed E-state index contributed by atoms with van der Waals surface area (Å²) in [6.07, 6.45) is -0.358. The van der Waals surface area contributed by atoms with E-state index in [9.17, 15) is 13.2 Å². The van der Waals surface area contributed by atoms with E-state index in [0.29, 0.717) is 5.56 Å². The van der Waals surface area contributed by atoms with Crippen molar-refractivity contribution in [2.45, 2.75) is 11.8 Å². The number of carbonyl (C=O) groups is 1. The lowest BCUT2D eigenvalue weighted by atomic mass is 10.2. The number of rotatable bonds is 4. The first kappa shape index (κ1) is 15.0. The molecule has 8 heteroatoms. The van der Waals surface area contributed by atoms with E-state index < -0.39 is 16.2 Å². The van der Waals surface area contributed by atoms with Crippen LogP contribution in [0.4, 0.5) is 4.79 Å². The molecule has 0 heterocycles. The molecule has 0 saturated carbocycles. The molecule has 0 unspecified atom stereocenters. The SMILES string of the molecule is Cc1ccc(OC(=O)O)cc1S(=O)(=O)N=CN(C)C. The van der Waals surface area contributed by atoms with Gasteiger partial charge >= 0.3 is 6.16 Å². The highest BCUT2D eigenvalue weighted by molar-refractivity contribution is 7.90. The van der Waals surface area contributed by atoms with E-state index in [1.165, 1.54) is 17.0 Å². The van der Waals surface area contributed by atoms with Gasteiger partial charge in [-0.15, -0.1) is 4.40 Å². The van der Waals surface area contributed by atoms with Crippen LogP contribution >= 0.6 is 0 Å². The van der Waals surface area contributed by atoms with Gasteiger partial charge in [0.05, 0.1) is 4.90 Å². The molecule has 0 aromatic heterocycles. The van der Waals surface area contributed by atoms with Crippen molar-refractivity contribution in [3.8, 4) is 5.75 Å². The highest BCUT2D eigenvalue weighted by Crippen LogP contribution is 2.23. The minimum absolute atomic E-state index is 0.0725. The maximum Gasteiger partial charge on any atom is 0.511 e. The molecule has 1 aromatic carbocycles. The second-order valence-electron chi connectivity index (χ2n) is 3.95. The number of hydrogen-bond acceptors (Lipinski definition) is 4. The Morgan fingerprint density at radius 3 is 2.58 bits per heavy atom. The fraction of sp³-hybridized carbons (Fsp3) is 0.273. The van der Waals surface area contributed by atoms with E-state index in [4.69, 9.17) is 5.11 Å². The van der Waals surface area contributed by atoms with Gasteiger partial charge in [0.15, 0.2) is 0 Å². The van der Waals surface area contributed by atoms with Gasteiger partial charge in [-0.25, -0.2) is 4.79 Å². The normalized spacial score (nSPS) is 11.5. The molecule has 104 valence electrons. The first-order chi connectivity index (χ1) is 8.72. The Morgan fingerprint density at radius 1 is 1.42 bits per heavy atom. The molecule has 0 atom stereocenters. The summed E-state index contributed by atoms with van der Waals surface area (Å²) in [7, 11) is -0.620. The van der Waals surface area contributed by atoms with Gasteiger partial charge in [-0.2, -0.15) is 8.42 Å². The van der Waals surface area contributed by atoms with Crippen LogP contribution in [0.3, 0.4) is 0 Å². The molecule has 0 fully saturated rings. The van der Waals surface area contributed by atoms with Crippen molar-refractivity contribution in [3.05, 3.63) is 23.8 Å². The van der Waals surface area contributed by atoms with Crippen LogP contribution < -0.4 is 4.74 Å².